The number of nitrogens with zero attached hydrogens (tertiary/aromatic N) is 3. The maximum Gasteiger partial charge on any atom is 0.102 e. The number of pyridine rings is 1. The molecule has 0 saturated carbocycles. The average molecular weight is 280 g/mol. The van der Waals surface area contributed by atoms with Crippen LogP contribution in [0.3, 0.4) is 0 Å². The van der Waals surface area contributed by atoms with Gasteiger partial charge in [-0.3, -0.25) is 9.67 Å². The van der Waals surface area contributed by atoms with Crippen molar-refractivity contribution in [3.05, 3.63) is 46.0 Å². The smallest absolute Gasteiger partial charge is 0.102 e. The fourth-order valence-electron chi connectivity index (χ4n) is 2.19. The van der Waals surface area contributed by atoms with E-state index in [0.29, 0.717) is 17.1 Å². The molecule has 102 valence electrons. The lowest BCUT2D eigenvalue weighted by Gasteiger charge is -2.13. The molecule has 2 aromatic rings. The molecule has 0 radical (unpaired) electrons. The Morgan fingerprint density at radius 2 is 2.16 bits per heavy atom. The first-order valence-corrected chi connectivity index (χ1v) is 6.73. The van der Waals surface area contributed by atoms with Crippen LogP contribution in [0, 0.1) is 13.8 Å². The normalized spacial score (nSPS) is 12.7. The van der Waals surface area contributed by atoms with E-state index in [4.69, 9.17) is 11.6 Å². The van der Waals surface area contributed by atoms with Gasteiger partial charge in [-0.2, -0.15) is 5.10 Å². The first-order chi connectivity index (χ1) is 9.04. The van der Waals surface area contributed by atoms with Gasteiger partial charge in [0.1, 0.15) is 6.10 Å². The zero-order valence-corrected chi connectivity index (χ0v) is 12.1. The zero-order chi connectivity index (χ0) is 14.0. The number of aliphatic hydroxyl groups is 1. The standard InChI is InChI=1S/C14H18ClN3O/c1-4-18-11(13(15)10(3)17-18)8-12(19)14-9(2)6-5-7-16-14/h5-7,12,19H,4,8H2,1-3H3. The van der Waals surface area contributed by atoms with Gasteiger partial charge >= 0.3 is 0 Å². The van der Waals surface area contributed by atoms with E-state index in [1.807, 2.05) is 37.6 Å². The summed E-state index contributed by atoms with van der Waals surface area (Å²) in [6, 6.07) is 3.80. The summed E-state index contributed by atoms with van der Waals surface area (Å²) in [7, 11) is 0. The van der Waals surface area contributed by atoms with Crippen molar-refractivity contribution in [2.24, 2.45) is 0 Å². The van der Waals surface area contributed by atoms with Crippen LogP contribution in [0.1, 0.15) is 35.7 Å². The summed E-state index contributed by atoms with van der Waals surface area (Å²) in [4.78, 5) is 4.24. The first kappa shape index (κ1) is 14.0. The highest BCUT2D eigenvalue weighted by Gasteiger charge is 2.19. The number of halogens is 1. The molecule has 2 heterocycles. The molecule has 0 bridgehead atoms. The van der Waals surface area contributed by atoms with Gasteiger partial charge in [-0.15, -0.1) is 0 Å². The third-order valence-electron chi connectivity index (χ3n) is 3.21. The van der Waals surface area contributed by atoms with Gasteiger partial charge < -0.3 is 5.11 Å². The van der Waals surface area contributed by atoms with E-state index < -0.39 is 6.10 Å². The van der Waals surface area contributed by atoms with Gasteiger partial charge in [-0.1, -0.05) is 17.7 Å². The Kier molecular flexibility index (Phi) is 4.22. The number of hydrogen-bond acceptors (Lipinski definition) is 3. The highest BCUT2D eigenvalue weighted by atomic mass is 35.5. The zero-order valence-electron chi connectivity index (χ0n) is 11.4. The number of hydrogen-bond donors (Lipinski definition) is 1. The number of aryl methyl sites for hydroxylation is 3. The minimum absolute atomic E-state index is 0.422. The van der Waals surface area contributed by atoms with Crippen LogP contribution >= 0.6 is 11.6 Å². The van der Waals surface area contributed by atoms with E-state index in [2.05, 4.69) is 10.1 Å². The van der Waals surface area contributed by atoms with Crippen molar-refractivity contribution >= 4 is 11.6 Å². The predicted molar refractivity (Wildman–Crippen MR) is 75.3 cm³/mol. The molecule has 0 saturated heterocycles. The van der Waals surface area contributed by atoms with E-state index in [-0.39, 0.29) is 0 Å². The third kappa shape index (κ3) is 2.80. The summed E-state index contributed by atoms with van der Waals surface area (Å²) >= 11 is 6.25. The van der Waals surface area contributed by atoms with Crippen LogP contribution in [-0.2, 0) is 13.0 Å². The molecule has 0 fully saturated rings. The Labute approximate surface area is 118 Å². The molecule has 0 aliphatic heterocycles. The quantitative estimate of drug-likeness (QED) is 0.936. The summed E-state index contributed by atoms with van der Waals surface area (Å²) in [6.07, 6.45) is 1.45. The minimum atomic E-state index is -0.667. The van der Waals surface area contributed by atoms with Crippen molar-refractivity contribution in [3.63, 3.8) is 0 Å². The van der Waals surface area contributed by atoms with Crippen LogP contribution in [0.2, 0.25) is 5.02 Å². The fraction of sp³-hybridized carbons (Fsp3) is 0.429. The van der Waals surface area contributed by atoms with Gasteiger partial charge in [0.25, 0.3) is 0 Å². The summed E-state index contributed by atoms with van der Waals surface area (Å²) in [6.45, 7) is 6.55. The highest BCUT2D eigenvalue weighted by Crippen LogP contribution is 2.26. The Bertz CT molecular complexity index is 580. The third-order valence-corrected chi connectivity index (χ3v) is 3.70. The summed E-state index contributed by atoms with van der Waals surface area (Å²) in [5.74, 6) is 0. The molecule has 4 nitrogen and oxygen atoms in total. The van der Waals surface area contributed by atoms with Crippen LogP contribution in [0.15, 0.2) is 18.3 Å². The van der Waals surface area contributed by atoms with Crippen molar-refractivity contribution in [2.45, 2.75) is 39.8 Å². The molecule has 2 aromatic heterocycles. The van der Waals surface area contributed by atoms with Gasteiger partial charge in [0.15, 0.2) is 0 Å². The van der Waals surface area contributed by atoms with Crippen LogP contribution in [-0.4, -0.2) is 19.9 Å². The number of aliphatic hydroxyl groups excluding tert-OH is 1. The Morgan fingerprint density at radius 3 is 2.79 bits per heavy atom. The van der Waals surface area contributed by atoms with E-state index in [1.54, 1.807) is 6.20 Å². The molecule has 19 heavy (non-hydrogen) atoms. The molecule has 5 heteroatoms. The second kappa shape index (κ2) is 5.72. The lowest BCUT2D eigenvalue weighted by Crippen LogP contribution is -2.11. The van der Waals surface area contributed by atoms with Crippen LogP contribution < -0.4 is 0 Å². The number of aromatic nitrogens is 3. The van der Waals surface area contributed by atoms with Crippen molar-refractivity contribution < 1.29 is 5.11 Å². The predicted octanol–water partition coefficient (Wildman–Crippen LogP) is 2.84. The molecule has 0 aliphatic carbocycles. The summed E-state index contributed by atoms with van der Waals surface area (Å²) in [5.41, 5.74) is 3.33. The van der Waals surface area contributed by atoms with Gasteiger partial charge in [0, 0.05) is 19.2 Å². The molecule has 0 amide bonds. The maximum absolute atomic E-state index is 10.3. The monoisotopic (exact) mass is 279 g/mol. The van der Waals surface area contributed by atoms with Crippen molar-refractivity contribution in [1.82, 2.24) is 14.8 Å². The highest BCUT2D eigenvalue weighted by molar-refractivity contribution is 6.31. The van der Waals surface area contributed by atoms with Gasteiger partial charge in [-0.05, 0) is 32.4 Å². The van der Waals surface area contributed by atoms with Crippen molar-refractivity contribution in [3.8, 4) is 0 Å². The second-order valence-electron chi connectivity index (χ2n) is 4.59. The van der Waals surface area contributed by atoms with Crippen LogP contribution in [0.25, 0.3) is 0 Å². The molecule has 1 N–H and O–H groups in total. The molecule has 0 aromatic carbocycles. The summed E-state index contributed by atoms with van der Waals surface area (Å²) in [5, 5.41) is 15.3. The number of rotatable bonds is 4. The molecular weight excluding hydrogens is 262 g/mol. The fourth-order valence-corrected chi connectivity index (χ4v) is 2.40. The Hall–Kier alpha value is -1.39. The van der Waals surface area contributed by atoms with Gasteiger partial charge in [-0.25, -0.2) is 0 Å². The molecule has 0 spiro atoms. The second-order valence-corrected chi connectivity index (χ2v) is 4.97. The SMILES string of the molecule is CCn1nc(C)c(Cl)c1CC(O)c1ncccc1C. The first-order valence-electron chi connectivity index (χ1n) is 6.36. The Balaban J connectivity index is 2.29. The lowest BCUT2D eigenvalue weighted by atomic mass is 10.1. The van der Waals surface area contributed by atoms with E-state index >= 15 is 0 Å². The van der Waals surface area contributed by atoms with Crippen molar-refractivity contribution in [1.29, 1.82) is 0 Å². The molecule has 1 atom stereocenters. The van der Waals surface area contributed by atoms with E-state index in [1.165, 1.54) is 0 Å². The van der Waals surface area contributed by atoms with Gasteiger partial charge in [0.05, 0.1) is 22.1 Å². The van der Waals surface area contributed by atoms with Crippen LogP contribution in [0.4, 0.5) is 0 Å². The topological polar surface area (TPSA) is 50.9 Å². The maximum atomic E-state index is 10.3. The molecule has 2 rings (SSSR count). The van der Waals surface area contributed by atoms with Crippen LogP contribution in [0.5, 0.6) is 0 Å². The lowest BCUT2D eigenvalue weighted by molar-refractivity contribution is 0.170. The minimum Gasteiger partial charge on any atom is -0.386 e. The van der Waals surface area contributed by atoms with E-state index in [0.717, 1.165) is 23.5 Å². The van der Waals surface area contributed by atoms with Crippen molar-refractivity contribution in [2.75, 3.05) is 0 Å². The summed E-state index contributed by atoms with van der Waals surface area (Å²) < 4.78 is 1.83. The molecular formula is C14H18ClN3O. The molecule has 1 unspecified atom stereocenters. The largest absolute Gasteiger partial charge is 0.386 e. The van der Waals surface area contributed by atoms with Gasteiger partial charge in [0.2, 0.25) is 0 Å². The average Bonchev–Trinajstić information content (AvgIpc) is 2.67. The molecule has 0 aliphatic rings. The van der Waals surface area contributed by atoms with E-state index in [9.17, 15) is 5.11 Å². The Morgan fingerprint density at radius 1 is 1.42 bits per heavy atom.